The molecule has 3 aromatic carbocycles. The van der Waals surface area contributed by atoms with E-state index in [-0.39, 0.29) is 5.91 Å². The van der Waals surface area contributed by atoms with Crippen LogP contribution in [0.15, 0.2) is 83.9 Å². The number of nitrogens with zero attached hydrogens (tertiary/aromatic N) is 1. The minimum absolute atomic E-state index is 0.133. The zero-order valence-electron chi connectivity index (χ0n) is 17.2. The lowest BCUT2D eigenvalue weighted by Gasteiger charge is -2.10. The van der Waals surface area contributed by atoms with Gasteiger partial charge in [-0.05, 0) is 35.9 Å². The number of halogens is 1. The van der Waals surface area contributed by atoms with Crippen molar-refractivity contribution in [3.05, 3.63) is 95.1 Å². The molecule has 4 aromatic rings. The highest BCUT2D eigenvalue weighted by Crippen LogP contribution is 2.32. The van der Waals surface area contributed by atoms with Crippen molar-refractivity contribution in [1.82, 2.24) is 9.88 Å². The zero-order valence-corrected chi connectivity index (χ0v) is 18.7. The quantitative estimate of drug-likeness (QED) is 0.333. The molecule has 158 valence electrons. The van der Waals surface area contributed by atoms with Crippen LogP contribution in [-0.2, 0) is 12.3 Å². The van der Waals surface area contributed by atoms with Crippen molar-refractivity contribution < 1.29 is 9.53 Å². The summed E-state index contributed by atoms with van der Waals surface area (Å²) in [5.74, 6) is 1.31. The van der Waals surface area contributed by atoms with E-state index in [1.807, 2.05) is 30.3 Å². The summed E-state index contributed by atoms with van der Waals surface area (Å²) in [5.41, 5.74) is 2.93. The molecule has 0 unspecified atom stereocenters. The maximum absolute atomic E-state index is 12.6. The Labute approximate surface area is 191 Å². The molecule has 0 aliphatic heterocycles. The van der Waals surface area contributed by atoms with Gasteiger partial charge in [0.15, 0.2) is 0 Å². The number of hydrogen-bond acceptors (Lipinski definition) is 3. The molecule has 4 nitrogen and oxygen atoms in total. The number of ether oxygens (including phenoxy) is 1. The molecule has 0 aliphatic carbocycles. The van der Waals surface area contributed by atoms with Crippen molar-refractivity contribution >= 4 is 40.2 Å². The van der Waals surface area contributed by atoms with Crippen LogP contribution < -0.4 is 10.1 Å². The van der Waals surface area contributed by atoms with E-state index in [0.717, 1.165) is 16.3 Å². The number of hydrogen-bond donors (Lipinski definition) is 1. The molecule has 1 aromatic heterocycles. The second-order valence-electron chi connectivity index (χ2n) is 7.08. The minimum atomic E-state index is -0.133. The highest BCUT2D eigenvalue weighted by Gasteiger charge is 2.12. The van der Waals surface area contributed by atoms with Crippen molar-refractivity contribution in [3.63, 3.8) is 0 Å². The molecule has 0 spiro atoms. The van der Waals surface area contributed by atoms with Crippen LogP contribution in [0.5, 0.6) is 5.75 Å². The van der Waals surface area contributed by atoms with Crippen molar-refractivity contribution in [2.45, 2.75) is 17.2 Å². The fourth-order valence-corrected chi connectivity index (χ4v) is 4.64. The number of amides is 1. The fourth-order valence-electron chi connectivity index (χ4n) is 3.47. The van der Waals surface area contributed by atoms with Crippen molar-refractivity contribution in [3.8, 4) is 5.75 Å². The van der Waals surface area contributed by atoms with Gasteiger partial charge in [-0.1, -0.05) is 54.1 Å². The monoisotopic (exact) mass is 450 g/mol. The summed E-state index contributed by atoms with van der Waals surface area (Å²) < 4.78 is 7.48. The molecule has 6 heteroatoms. The average molecular weight is 451 g/mol. The first-order valence-corrected chi connectivity index (χ1v) is 11.4. The van der Waals surface area contributed by atoms with Gasteiger partial charge in [-0.15, -0.1) is 11.8 Å². The second-order valence-corrected chi connectivity index (χ2v) is 8.53. The summed E-state index contributed by atoms with van der Waals surface area (Å²) >= 11 is 7.79. The second kappa shape index (κ2) is 9.94. The largest absolute Gasteiger partial charge is 0.496 e. The standard InChI is InChI=1S/C25H23ClN2O2S/c1-30-23-9-5-3-7-21(23)25(29)27-14-15-28-16-24(20-6-2-4-8-22(20)28)31-17-18-10-12-19(26)13-11-18/h2-13,16H,14-15,17H2,1H3,(H,27,29). The van der Waals surface area contributed by atoms with E-state index < -0.39 is 0 Å². The Bertz CT molecular complexity index is 1190. The third-order valence-electron chi connectivity index (χ3n) is 5.05. The van der Waals surface area contributed by atoms with E-state index in [1.54, 1.807) is 31.0 Å². The van der Waals surface area contributed by atoms with Crippen LogP contribution in [0.2, 0.25) is 5.02 Å². The Hall–Kier alpha value is -2.89. The third kappa shape index (κ3) is 5.06. The van der Waals surface area contributed by atoms with Gasteiger partial charge in [0, 0.05) is 45.9 Å². The first-order chi connectivity index (χ1) is 15.2. The van der Waals surface area contributed by atoms with Crippen LogP contribution in [0.25, 0.3) is 10.9 Å². The number of para-hydroxylation sites is 2. The number of fused-ring (bicyclic) bond motifs is 1. The predicted molar refractivity (Wildman–Crippen MR) is 128 cm³/mol. The predicted octanol–water partition coefficient (Wildman–Crippen LogP) is 6.03. The smallest absolute Gasteiger partial charge is 0.255 e. The van der Waals surface area contributed by atoms with Crippen LogP contribution in [0.1, 0.15) is 15.9 Å². The molecule has 1 amide bonds. The topological polar surface area (TPSA) is 43.3 Å². The van der Waals surface area contributed by atoms with Crippen molar-refractivity contribution in [1.29, 1.82) is 0 Å². The molecule has 1 N–H and O–H groups in total. The highest BCUT2D eigenvalue weighted by atomic mass is 35.5. The molecule has 31 heavy (non-hydrogen) atoms. The number of benzene rings is 3. The van der Waals surface area contributed by atoms with Gasteiger partial charge in [-0.2, -0.15) is 0 Å². The molecule has 0 bridgehead atoms. The van der Waals surface area contributed by atoms with Gasteiger partial charge in [-0.3, -0.25) is 4.79 Å². The first-order valence-electron chi connectivity index (χ1n) is 10.0. The summed E-state index contributed by atoms with van der Waals surface area (Å²) in [4.78, 5) is 13.8. The molecule has 0 fully saturated rings. The summed E-state index contributed by atoms with van der Waals surface area (Å²) in [6.45, 7) is 1.21. The molecule has 0 radical (unpaired) electrons. The first kappa shape index (κ1) is 21.3. The summed E-state index contributed by atoms with van der Waals surface area (Å²) in [7, 11) is 1.57. The highest BCUT2D eigenvalue weighted by molar-refractivity contribution is 7.98. The lowest BCUT2D eigenvalue weighted by Crippen LogP contribution is -2.27. The maximum Gasteiger partial charge on any atom is 0.255 e. The molecular weight excluding hydrogens is 428 g/mol. The van der Waals surface area contributed by atoms with Gasteiger partial charge in [0.2, 0.25) is 0 Å². The zero-order chi connectivity index (χ0) is 21.6. The van der Waals surface area contributed by atoms with E-state index in [0.29, 0.717) is 24.4 Å². The van der Waals surface area contributed by atoms with Gasteiger partial charge >= 0.3 is 0 Å². The van der Waals surface area contributed by atoms with Gasteiger partial charge in [-0.25, -0.2) is 0 Å². The Morgan fingerprint density at radius 1 is 1.03 bits per heavy atom. The van der Waals surface area contributed by atoms with Crippen molar-refractivity contribution in [2.24, 2.45) is 0 Å². The number of carbonyl (C=O) groups excluding carboxylic acids is 1. The number of methoxy groups -OCH3 is 1. The van der Waals surface area contributed by atoms with E-state index in [1.165, 1.54) is 15.8 Å². The SMILES string of the molecule is COc1ccccc1C(=O)NCCn1cc(SCc2ccc(Cl)cc2)c2ccccc21. The molecule has 0 aliphatic rings. The molecule has 0 saturated heterocycles. The Morgan fingerprint density at radius 2 is 1.77 bits per heavy atom. The van der Waals surface area contributed by atoms with Crippen LogP contribution >= 0.6 is 23.4 Å². The maximum atomic E-state index is 12.6. The lowest BCUT2D eigenvalue weighted by molar-refractivity contribution is 0.0949. The van der Waals surface area contributed by atoms with Crippen LogP contribution in [-0.4, -0.2) is 24.1 Å². The normalized spacial score (nSPS) is 10.9. The fraction of sp³-hybridized carbons (Fsp3) is 0.160. The van der Waals surface area contributed by atoms with Gasteiger partial charge in [0.25, 0.3) is 5.91 Å². The van der Waals surface area contributed by atoms with Gasteiger partial charge in [0.05, 0.1) is 12.7 Å². The third-order valence-corrected chi connectivity index (χ3v) is 6.42. The number of rotatable bonds is 8. The van der Waals surface area contributed by atoms with Crippen LogP contribution in [0.4, 0.5) is 0 Å². The van der Waals surface area contributed by atoms with Crippen LogP contribution in [0, 0.1) is 0 Å². The van der Waals surface area contributed by atoms with Gasteiger partial charge < -0.3 is 14.6 Å². The summed E-state index contributed by atoms with van der Waals surface area (Å²) in [5, 5.41) is 4.97. The molecule has 0 atom stereocenters. The van der Waals surface area contributed by atoms with Gasteiger partial charge in [0.1, 0.15) is 5.75 Å². The minimum Gasteiger partial charge on any atom is -0.496 e. The molecular formula is C25H23ClN2O2S. The summed E-state index contributed by atoms with van der Waals surface area (Å²) in [6, 6.07) is 23.6. The number of nitrogens with one attached hydrogen (secondary N) is 1. The van der Waals surface area contributed by atoms with Crippen LogP contribution in [0.3, 0.4) is 0 Å². The number of carbonyl (C=O) groups is 1. The summed E-state index contributed by atoms with van der Waals surface area (Å²) in [6.07, 6.45) is 2.17. The lowest BCUT2D eigenvalue weighted by atomic mass is 10.2. The van der Waals surface area contributed by atoms with Crippen molar-refractivity contribution in [2.75, 3.05) is 13.7 Å². The van der Waals surface area contributed by atoms with E-state index in [4.69, 9.17) is 16.3 Å². The molecule has 0 saturated carbocycles. The number of aromatic nitrogens is 1. The van der Waals surface area contributed by atoms with E-state index in [9.17, 15) is 4.79 Å². The Balaban J connectivity index is 1.44. The Morgan fingerprint density at radius 3 is 2.58 bits per heavy atom. The average Bonchev–Trinajstić information content (AvgIpc) is 3.16. The molecule has 1 heterocycles. The number of thioether (sulfide) groups is 1. The Kier molecular flexibility index (Phi) is 6.85. The molecule has 4 rings (SSSR count). The van der Waals surface area contributed by atoms with E-state index >= 15 is 0 Å². The van der Waals surface area contributed by atoms with E-state index in [2.05, 4.69) is 46.4 Å².